The summed E-state index contributed by atoms with van der Waals surface area (Å²) in [5, 5.41) is 5.63. The summed E-state index contributed by atoms with van der Waals surface area (Å²) in [6, 6.07) is 16.5. The highest BCUT2D eigenvalue weighted by atomic mass is 16.5. The summed E-state index contributed by atoms with van der Waals surface area (Å²) < 4.78 is 5.21. The molecule has 30 heavy (non-hydrogen) atoms. The number of hydrogen-bond acceptors (Lipinski definition) is 6. The van der Waals surface area contributed by atoms with Gasteiger partial charge in [-0.15, -0.1) is 0 Å². The highest BCUT2D eigenvalue weighted by Crippen LogP contribution is 2.21. The Balaban J connectivity index is 1.31. The minimum Gasteiger partial charge on any atom is -0.497 e. The average molecular weight is 407 g/mol. The molecule has 2 aliphatic rings. The second kappa shape index (κ2) is 8.86. The van der Waals surface area contributed by atoms with E-state index in [1.165, 1.54) is 0 Å². The van der Waals surface area contributed by atoms with Crippen LogP contribution in [-0.4, -0.2) is 62.0 Å². The van der Waals surface area contributed by atoms with E-state index in [1.54, 1.807) is 7.11 Å². The van der Waals surface area contributed by atoms with Crippen LogP contribution in [0.25, 0.3) is 0 Å². The van der Waals surface area contributed by atoms with E-state index in [9.17, 15) is 9.59 Å². The van der Waals surface area contributed by atoms with Crippen LogP contribution in [-0.2, 0) is 9.59 Å². The van der Waals surface area contributed by atoms with Crippen LogP contribution < -0.4 is 20.3 Å². The number of carbonyl (C=O) groups is 2. The number of para-hydroxylation sites is 1. The number of rotatable bonds is 5. The summed E-state index contributed by atoms with van der Waals surface area (Å²) in [5.74, 6) is 0.941. The molecule has 2 heterocycles. The van der Waals surface area contributed by atoms with Gasteiger partial charge in [-0.05, 0) is 36.4 Å². The van der Waals surface area contributed by atoms with Crippen LogP contribution in [0.4, 0.5) is 11.4 Å². The van der Waals surface area contributed by atoms with Crippen molar-refractivity contribution in [2.24, 2.45) is 4.99 Å². The SMILES string of the molecule is COc1ccc(N2CCN(C3=N[C@H](CC(=O)Nc4ccccc4)C(=O)N3)CC2)cc1. The third-order valence-electron chi connectivity index (χ3n) is 5.27. The third kappa shape index (κ3) is 4.53. The van der Waals surface area contributed by atoms with E-state index >= 15 is 0 Å². The molecule has 156 valence electrons. The summed E-state index contributed by atoms with van der Waals surface area (Å²) in [6.07, 6.45) is 0.0239. The van der Waals surface area contributed by atoms with Gasteiger partial charge < -0.3 is 19.9 Å². The molecule has 0 spiro atoms. The highest BCUT2D eigenvalue weighted by molar-refractivity contribution is 6.07. The van der Waals surface area contributed by atoms with Crippen LogP contribution in [0.3, 0.4) is 0 Å². The smallest absolute Gasteiger partial charge is 0.252 e. The zero-order valence-corrected chi connectivity index (χ0v) is 16.9. The van der Waals surface area contributed by atoms with Crippen LogP contribution in [0.1, 0.15) is 6.42 Å². The summed E-state index contributed by atoms with van der Waals surface area (Å²) in [4.78, 5) is 33.4. The topological polar surface area (TPSA) is 86.3 Å². The number of carbonyl (C=O) groups excluding carboxylic acids is 2. The molecule has 0 radical (unpaired) electrons. The van der Waals surface area contributed by atoms with Gasteiger partial charge in [0.25, 0.3) is 5.91 Å². The summed E-state index contributed by atoms with van der Waals surface area (Å²) >= 11 is 0. The Morgan fingerprint density at radius 1 is 1.07 bits per heavy atom. The summed E-state index contributed by atoms with van der Waals surface area (Å²) in [6.45, 7) is 3.13. The van der Waals surface area contributed by atoms with E-state index in [0.717, 1.165) is 37.6 Å². The summed E-state index contributed by atoms with van der Waals surface area (Å²) in [7, 11) is 1.66. The van der Waals surface area contributed by atoms with Crippen molar-refractivity contribution in [3.8, 4) is 5.75 Å². The largest absolute Gasteiger partial charge is 0.497 e. The Hall–Kier alpha value is -3.55. The second-order valence-corrected chi connectivity index (χ2v) is 7.25. The number of ether oxygens (including phenoxy) is 1. The number of nitrogens with zero attached hydrogens (tertiary/aromatic N) is 3. The predicted molar refractivity (Wildman–Crippen MR) is 116 cm³/mol. The number of benzene rings is 2. The molecular formula is C22H25N5O3. The molecule has 8 nitrogen and oxygen atoms in total. The molecular weight excluding hydrogens is 382 g/mol. The maximum Gasteiger partial charge on any atom is 0.252 e. The van der Waals surface area contributed by atoms with Gasteiger partial charge in [0.15, 0.2) is 0 Å². The lowest BCUT2D eigenvalue weighted by atomic mass is 10.2. The predicted octanol–water partition coefficient (Wildman–Crippen LogP) is 1.70. The first-order valence-electron chi connectivity index (χ1n) is 10.00. The van der Waals surface area contributed by atoms with E-state index < -0.39 is 6.04 Å². The summed E-state index contributed by atoms with van der Waals surface area (Å²) in [5.41, 5.74) is 1.85. The molecule has 0 unspecified atom stereocenters. The van der Waals surface area contributed by atoms with Crippen molar-refractivity contribution in [2.75, 3.05) is 43.5 Å². The fourth-order valence-corrected chi connectivity index (χ4v) is 3.61. The number of guanidine groups is 1. The van der Waals surface area contributed by atoms with Crippen LogP contribution in [0.15, 0.2) is 59.6 Å². The first-order valence-corrected chi connectivity index (χ1v) is 10.00. The van der Waals surface area contributed by atoms with Crippen molar-refractivity contribution in [1.82, 2.24) is 10.2 Å². The van der Waals surface area contributed by atoms with Crippen molar-refractivity contribution in [2.45, 2.75) is 12.5 Å². The van der Waals surface area contributed by atoms with Gasteiger partial charge in [0.05, 0.1) is 13.5 Å². The number of anilines is 2. The number of nitrogens with one attached hydrogen (secondary N) is 2. The molecule has 1 saturated heterocycles. The molecule has 8 heteroatoms. The number of piperazine rings is 1. The fraction of sp³-hybridized carbons (Fsp3) is 0.318. The highest BCUT2D eigenvalue weighted by Gasteiger charge is 2.32. The zero-order valence-electron chi connectivity index (χ0n) is 16.9. The number of amides is 2. The molecule has 0 aromatic heterocycles. The molecule has 2 amide bonds. The van der Waals surface area contributed by atoms with Crippen LogP contribution in [0, 0.1) is 0 Å². The van der Waals surface area contributed by atoms with Gasteiger partial charge in [-0.1, -0.05) is 18.2 Å². The second-order valence-electron chi connectivity index (χ2n) is 7.25. The van der Waals surface area contributed by atoms with E-state index in [2.05, 4.69) is 25.4 Å². The van der Waals surface area contributed by atoms with Crippen LogP contribution >= 0.6 is 0 Å². The molecule has 2 aliphatic heterocycles. The Kier molecular flexibility index (Phi) is 5.83. The maximum absolute atomic E-state index is 12.3. The number of hydrogen-bond donors (Lipinski definition) is 2. The molecule has 2 aromatic carbocycles. The number of methoxy groups -OCH3 is 1. The lowest BCUT2D eigenvalue weighted by Gasteiger charge is -2.36. The van der Waals surface area contributed by atoms with Gasteiger partial charge in [-0.2, -0.15) is 0 Å². The first kappa shape index (κ1) is 19.8. The lowest BCUT2D eigenvalue weighted by Crippen LogP contribution is -2.52. The molecule has 1 atom stereocenters. The molecule has 1 fully saturated rings. The first-order chi connectivity index (χ1) is 14.6. The fourth-order valence-electron chi connectivity index (χ4n) is 3.61. The van der Waals surface area contributed by atoms with Crippen molar-refractivity contribution in [1.29, 1.82) is 0 Å². The molecule has 2 N–H and O–H groups in total. The van der Waals surface area contributed by atoms with Gasteiger partial charge in [-0.25, -0.2) is 4.99 Å². The molecule has 4 rings (SSSR count). The molecule has 2 aromatic rings. The van der Waals surface area contributed by atoms with Crippen molar-refractivity contribution >= 4 is 29.1 Å². The molecule has 0 saturated carbocycles. The Bertz CT molecular complexity index is 922. The van der Waals surface area contributed by atoms with Gasteiger partial charge in [0.1, 0.15) is 11.8 Å². The van der Waals surface area contributed by atoms with Gasteiger partial charge in [0, 0.05) is 37.6 Å². The lowest BCUT2D eigenvalue weighted by molar-refractivity contribution is -0.123. The van der Waals surface area contributed by atoms with E-state index in [1.807, 2.05) is 54.6 Å². The third-order valence-corrected chi connectivity index (χ3v) is 5.27. The maximum atomic E-state index is 12.3. The van der Waals surface area contributed by atoms with Gasteiger partial charge in [-0.3, -0.25) is 14.9 Å². The van der Waals surface area contributed by atoms with E-state index in [0.29, 0.717) is 11.6 Å². The minimum atomic E-state index is -0.691. The molecule has 0 aliphatic carbocycles. The van der Waals surface area contributed by atoms with Gasteiger partial charge >= 0.3 is 0 Å². The van der Waals surface area contributed by atoms with Crippen molar-refractivity contribution in [3.63, 3.8) is 0 Å². The number of aliphatic imine (C=N–C) groups is 1. The Morgan fingerprint density at radius 2 is 1.73 bits per heavy atom. The minimum absolute atomic E-state index is 0.0239. The standard InChI is InChI=1S/C22H25N5O3/c1-30-18-9-7-17(8-10-18)26-11-13-27(14-12-26)22-24-19(21(29)25-22)15-20(28)23-16-5-3-2-4-6-16/h2-10,19H,11-15H2,1H3,(H,23,28)(H,24,25,29)/t19-/m1/s1. The van der Waals surface area contributed by atoms with E-state index in [4.69, 9.17) is 4.74 Å². The average Bonchev–Trinajstić information content (AvgIpc) is 3.14. The Morgan fingerprint density at radius 3 is 2.40 bits per heavy atom. The van der Waals surface area contributed by atoms with Crippen molar-refractivity contribution in [3.05, 3.63) is 54.6 Å². The van der Waals surface area contributed by atoms with Crippen LogP contribution in [0.2, 0.25) is 0 Å². The van der Waals surface area contributed by atoms with E-state index in [-0.39, 0.29) is 18.2 Å². The van der Waals surface area contributed by atoms with Gasteiger partial charge in [0.2, 0.25) is 11.9 Å². The molecule has 0 bridgehead atoms. The normalized spacial score (nSPS) is 18.6. The zero-order chi connectivity index (χ0) is 20.9. The quantitative estimate of drug-likeness (QED) is 0.788. The Labute approximate surface area is 175 Å². The van der Waals surface area contributed by atoms with Crippen LogP contribution in [0.5, 0.6) is 5.75 Å². The van der Waals surface area contributed by atoms with Crippen molar-refractivity contribution < 1.29 is 14.3 Å². The monoisotopic (exact) mass is 407 g/mol.